The van der Waals surface area contributed by atoms with Gasteiger partial charge in [0.1, 0.15) is 18.1 Å². The van der Waals surface area contributed by atoms with Gasteiger partial charge in [0.25, 0.3) is 0 Å². The lowest BCUT2D eigenvalue weighted by molar-refractivity contribution is 0.0734. The highest BCUT2D eigenvalue weighted by atomic mass is 32.1. The molecule has 0 N–H and O–H groups in total. The first kappa shape index (κ1) is 17.8. The number of aromatic nitrogens is 1. The van der Waals surface area contributed by atoms with Crippen LogP contribution in [0.25, 0.3) is 0 Å². The number of esters is 1. The van der Waals surface area contributed by atoms with Gasteiger partial charge in [-0.2, -0.15) is 0 Å². The fourth-order valence-corrected chi connectivity index (χ4v) is 2.84. The van der Waals surface area contributed by atoms with Gasteiger partial charge in [-0.25, -0.2) is 9.78 Å². The third kappa shape index (κ3) is 4.55. The number of nitrogens with zero attached hydrogens (tertiary/aromatic N) is 1. The highest BCUT2D eigenvalue weighted by molar-refractivity contribution is 7.09. The molecule has 0 radical (unpaired) electrons. The van der Waals surface area contributed by atoms with Crippen LogP contribution in [0.2, 0.25) is 0 Å². The molecule has 3 rings (SSSR count). The summed E-state index contributed by atoms with van der Waals surface area (Å²) in [5, 5.41) is 2.95. The van der Waals surface area contributed by atoms with Crippen LogP contribution in [0, 0.1) is 6.92 Å². The van der Waals surface area contributed by atoms with Crippen LogP contribution < -0.4 is 9.47 Å². The van der Waals surface area contributed by atoms with Gasteiger partial charge in [0.05, 0.1) is 16.3 Å². The summed E-state index contributed by atoms with van der Waals surface area (Å²) in [4.78, 5) is 27.8. The van der Waals surface area contributed by atoms with Crippen LogP contribution in [0.1, 0.15) is 38.3 Å². The minimum absolute atomic E-state index is 0.0359. The Morgan fingerprint density at radius 1 is 0.962 bits per heavy atom. The molecule has 2 aromatic carbocycles. The van der Waals surface area contributed by atoms with Crippen LogP contribution >= 0.6 is 11.3 Å². The number of benzene rings is 2. The number of carbonyl (C=O) groups is 2. The van der Waals surface area contributed by atoms with Crippen molar-refractivity contribution in [2.45, 2.75) is 20.5 Å². The van der Waals surface area contributed by atoms with E-state index in [1.165, 1.54) is 6.92 Å². The molecule has 0 aliphatic heterocycles. The van der Waals surface area contributed by atoms with Gasteiger partial charge in [-0.1, -0.05) is 0 Å². The Kier molecular flexibility index (Phi) is 5.43. The number of aryl methyl sites for hydroxylation is 1. The molecule has 0 aliphatic rings. The zero-order valence-corrected chi connectivity index (χ0v) is 15.2. The molecule has 0 atom stereocenters. The average Bonchev–Trinajstić information content (AvgIpc) is 3.06. The Morgan fingerprint density at radius 2 is 1.58 bits per heavy atom. The molecule has 0 fully saturated rings. The molecule has 6 heteroatoms. The molecule has 5 nitrogen and oxygen atoms in total. The first-order chi connectivity index (χ1) is 12.5. The van der Waals surface area contributed by atoms with Crippen molar-refractivity contribution in [2.75, 3.05) is 0 Å². The maximum Gasteiger partial charge on any atom is 0.343 e. The van der Waals surface area contributed by atoms with Gasteiger partial charge >= 0.3 is 5.97 Å². The van der Waals surface area contributed by atoms with Crippen LogP contribution in [-0.4, -0.2) is 16.7 Å². The Morgan fingerprint density at radius 3 is 2.15 bits per heavy atom. The largest absolute Gasteiger partial charge is 0.487 e. The summed E-state index contributed by atoms with van der Waals surface area (Å²) in [6.45, 7) is 3.82. The molecule has 0 aliphatic carbocycles. The molecule has 0 bridgehead atoms. The standard InChI is InChI=1S/C20H17NO4S/c1-13(22)15-3-9-19(10-4-15)25-20(23)16-5-7-18(8-6-16)24-11-17-12-26-14(2)21-17/h3-10,12H,11H2,1-2H3. The molecule has 0 unspecified atom stereocenters. The van der Waals surface area contributed by atoms with E-state index in [-0.39, 0.29) is 5.78 Å². The van der Waals surface area contributed by atoms with E-state index in [1.807, 2.05) is 12.3 Å². The topological polar surface area (TPSA) is 65.5 Å². The molecular formula is C20H17NO4S. The van der Waals surface area contributed by atoms with Crippen molar-refractivity contribution in [1.82, 2.24) is 4.98 Å². The third-order valence-electron chi connectivity index (χ3n) is 3.61. The monoisotopic (exact) mass is 367 g/mol. The molecule has 0 saturated carbocycles. The van der Waals surface area contributed by atoms with E-state index in [1.54, 1.807) is 59.9 Å². The van der Waals surface area contributed by atoms with E-state index in [4.69, 9.17) is 9.47 Å². The van der Waals surface area contributed by atoms with Gasteiger partial charge in [0, 0.05) is 10.9 Å². The molecule has 1 heterocycles. The maximum atomic E-state index is 12.2. The summed E-state index contributed by atoms with van der Waals surface area (Å²) < 4.78 is 11.0. The summed E-state index contributed by atoms with van der Waals surface area (Å²) in [5.74, 6) is 0.533. The Balaban J connectivity index is 1.58. The van der Waals surface area contributed by atoms with Gasteiger partial charge in [-0.05, 0) is 62.4 Å². The highest BCUT2D eigenvalue weighted by Crippen LogP contribution is 2.18. The summed E-state index contributed by atoms with van der Waals surface area (Å²) >= 11 is 1.58. The van der Waals surface area contributed by atoms with E-state index in [0.717, 1.165) is 10.7 Å². The fraction of sp³-hybridized carbons (Fsp3) is 0.150. The van der Waals surface area contributed by atoms with Crippen molar-refractivity contribution in [1.29, 1.82) is 0 Å². The van der Waals surface area contributed by atoms with Crippen molar-refractivity contribution >= 4 is 23.1 Å². The first-order valence-corrected chi connectivity index (χ1v) is 8.86. The van der Waals surface area contributed by atoms with Crippen molar-refractivity contribution in [3.63, 3.8) is 0 Å². The summed E-state index contributed by atoms with van der Waals surface area (Å²) in [5.41, 5.74) is 1.86. The van der Waals surface area contributed by atoms with E-state index in [9.17, 15) is 9.59 Å². The van der Waals surface area contributed by atoms with Gasteiger partial charge in [-0.15, -0.1) is 11.3 Å². The average molecular weight is 367 g/mol. The quantitative estimate of drug-likeness (QED) is 0.366. The Hall–Kier alpha value is -2.99. The third-order valence-corrected chi connectivity index (χ3v) is 4.44. The summed E-state index contributed by atoms with van der Waals surface area (Å²) in [7, 11) is 0. The van der Waals surface area contributed by atoms with Crippen molar-refractivity contribution in [3.05, 3.63) is 75.7 Å². The normalized spacial score (nSPS) is 10.4. The maximum absolute atomic E-state index is 12.2. The summed E-state index contributed by atoms with van der Waals surface area (Å²) in [6, 6.07) is 13.2. The van der Waals surface area contributed by atoms with Gasteiger partial charge in [-0.3, -0.25) is 4.79 Å². The predicted octanol–water partition coefficient (Wildman–Crippen LogP) is 4.45. The van der Waals surface area contributed by atoms with Crippen LogP contribution in [0.15, 0.2) is 53.9 Å². The van der Waals surface area contributed by atoms with Crippen molar-refractivity contribution < 1.29 is 19.1 Å². The number of hydrogen-bond acceptors (Lipinski definition) is 6. The second kappa shape index (κ2) is 7.93. The van der Waals surface area contributed by atoms with E-state index in [2.05, 4.69) is 4.98 Å². The van der Waals surface area contributed by atoms with E-state index >= 15 is 0 Å². The zero-order valence-electron chi connectivity index (χ0n) is 14.4. The first-order valence-electron chi connectivity index (χ1n) is 7.98. The van der Waals surface area contributed by atoms with Gasteiger partial charge in [0.15, 0.2) is 5.78 Å². The minimum Gasteiger partial charge on any atom is -0.487 e. The number of carbonyl (C=O) groups excluding carboxylic acids is 2. The van der Waals surface area contributed by atoms with Gasteiger partial charge in [0.2, 0.25) is 0 Å². The Bertz CT molecular complexity index is 914. The lowest BCUT2D eigenvalue weighted by Gasteiger charge is -2.07. The zero-order chi connectivity index (χ0) is 18.5. The molecule has 26 heavy (non-hydrogen) atoms. The molecule has 3 aromatic rings. The number of rotatable bonds is 6. The molecular weight excluding hydrogens is 350 g/mol. The lowest BCUT2D eigenvalue weighted by atomic mass is 10.1. The number of ketones is 1. The molecule has 0 spiro atoms. The van der Waals surface area contributed by atoms with Crippen LogP contribution in [0.5, 0.6) is 11.5 Å². The van der Waals surface area contributed by atoms with Crippen molar-refractivity contribution in [2.24, 2.45) is 0 Å². The number of hydrogen-bond donors (Lipinski definition) is 0. The Labute approximate surface area is 155 Å². The summed E-state index contributed by atoms with van der Waals surface area (Å²) in [6.07, 6.45) is 0. The smallest absolute Gasteiger partial charge is 0.343 e. The van der Waals surface area contributed by atoms with Gasteiger partial charge < -0.3 is 9.47 Å². The fourth-order valence-electron chi connectivity index (χ4n) is 2.24. The molecule has 0 amide bonds. The molecule has 0 saturated heterocycles. The van der Waals surface area contributed by atoms with E-state index < -0.39 is 5.97 Å². The van der Waals surface area contributed by atoms with Crippen LogP contribution in [0.3, 0.4) is 0 Å². The second-order valence-corrected chi connectivity index (χ2v) is 6.70. The van der Waals surface area contributed by atoms with Crippen molar-refractivity contribution in [3.8, 4) is 11.5 Å². The van der Waals surface area contributed by atoms with Crippen LogP contribution in [-0.2, 0) is 6.61 Å². The SMILES string of the molecule is CC(=O)c1ccc(OC(=O)c2ccc(OCc3csc(C)n3)cc2)cc1. The van der Waals surface area contributed by atoms with Crippen LogP contribution in [0.4, 0.5) is 0 Å². The predicted molar refractivity (Wildman–Crippen MR) is 99.0 cm³/mol. The second-order valence-electron chi connectivity index (χ2n) is 5.64. The van der Waals surface area contributed by atoms with E-state index in [0.29, 0.717) is 29.2 Å². The highest BCUT2D eigenvalue weighted by Gasteiger charge is 2.10. The molecule has 1 aromatic heterocycles. The molecule has 132 valence electrons. The number of Topliss-reactive ketones (excluding diaryl/α,β-unsaturated/α-hetero) is 1. The number of ether oxygens (including phenoxy) is 2. The lowest BCUT2D eigenvalue weighted by Crippen LogP contribution is -2.08. The minimum atomic E-state index is -0.470. The number of thiazole rings is 1.